The predicted octanol–water partition coefficient (Wildman–Crippen LogP) is 10.5. The molecule has 0 unspecified atom stereocenters. The van der Waals surface area contributed by atoms with E-state index in [0.29, 0.717) is 93.4 Å². The Morgan fingerprint density at radius 2 is 0.674 bits per heavy atom. The standard InChI is InChI=1S/C20H12Cl4N2O5.C20H14Cl4N2O3.C13H10Cl2N2O3.C7H5BrCl2.C6H4N2O5.C6H5NO3.CH4O.B5.B4.B3.B2.B.Li.HNO3.H2O4S.H2O/c21-14-3-1-4-15(22)12(14)9-30-18-7-11(8-25-19(18)26(28)29)20(27)31-10-13-16(23)5-2-6-17(13)24;21-14-3-1-4-15(22)12(14)9-28-18-7-11(8-26-19(18)25)20(27)29-10-13-16(23)5-2-6-17(13)24;14-9-2-1-3-10(15)8(9)6-20-11-4-7(13(18)19)5-17-12(11)16;8-4-5-6(9)2-1-3-7(5)10;9-4-1-3(6(10)11)2-7-5(4)8(12)13;8-5-1-4(6(9)10)2-7-3-5;1-2;1-4-5(2)3;1-4(2)3;1-3-2;1-2;;;2-1(3)4;1-5(2,3)4;/h1-8H,9-10H2;1-8H,9-10H2,(H2,25,26);1-5H,6H2,(H2,16,17)(H,18,19);1-3H,4H2;1-2,9H,(H,10,11);1-3,8H,(H,9,10);2H,1H3;;;;;;;(H,2,3,4);(H2,1,2,3,4);1H2/q;;;;;;;;;;;;+1;;;/p-1. The van der Waals surface area contributed by atoms with E-state index in [4.69, 9.17) is 261 Å². The number of nitrogen functional groups attached to an aromatic ring is 2. The number of nitro groups is 2. The van der Waals surface area contributed by atoms with E-state index >= 15 is 0 Å². The topological polar surface area (TPSA) is 624 Å². The van der Waals surface area contributed by atoms with E-state index in [-0.39, 0.29) is 128 Å². The summed E-state index contributed by atoms with van der Waals surface area (Å²) in [6, 6.07) is 36.2. The Labute approximate surface area is 902 Å². The van der Waals surface area contributed by atoms with Gasteiger partial charge in [0.25, 0.3) is 5.09 Å². The zero-order chi connectivity index (χ0) is 106. The van der Waals surface area contributed by atoms with Crippen LogP contribution in [0.4, 0.5) is 23.3 Å². The summed E-state index contributed by atoms with van der Waals surface area (Å²) in [7, 11) is 44.1. The molecule has 5 aromatic heterocycles. The molecule has 0 fully saturated rings. The molecule has 0 bridgehead atoms. The average molecular weight is 2230 g/mol. The fraction of sp³-hybridized carbons (Fsp3) is 0.0959. The number of aromatic hydroxyl groups is 2. The minimum atomic E-state index is -4.67. The molecule has 5 heterocycles. The number of nitrogens with two attached hydrogens (primary N) is 2. The number of pyridine rings is 5. The van der Waals surface area contributed by atoms with Gasteiger partial charge in [0.05, 0.1) is 22.9 Å². The van der Waals surface area contributed by atoms with Gasteiger partial charge in [-0.15, -0.1) is 10.1 Å². The molecule has 0 spiro atoms. The molecule has 141 heavy (non-hydrogen) atoms. The summed E-state index contributed by atoms with van der Waals surface area (Å²) in [4.78, 5) is 102. The van der Waals surface area contributed by atoms with Crippen LogP contribution >= 0.6 is 155 Å². The van der Waals surface area contributed by atoms with Crippen molar-refractivity contribution in [1.29, 1.82) is 0 Å². The number of carbonyl (C=O) groups excluding carboxylic acids is 2. The average Bonchev–Trinajstić information content (AvgIpc) is 0.800. The van der Waals surface area contributed by atoms with Crippen molar-refractivity contribution in [3.05, 3.63) is 329 Å². The number of benzene rings is 6. The maximum Gasteiger partial charge on any atom is 1.00 e. The monoisotopic (exact) mass is 2230 g/mol. The second-order valence-corrected chi connectivity index (χ2v) is 30.1. The van der Waals surface area contributed by atoms with Crippen molar-refractivity contribution in [3.8, 4) is 28.7 Å². The number of aliphatic hydroxyl groups is 1. The molecule has 38 nitrogen and oxygen atoms in total. The number of nitrogens with zero attached hydrogens (tertiary/aromatic N) is 8. The number of anilines is 2. The van der Waals surface area contributed by atoms with E-state index in [2.05, 4.69) is 95.0 Å². The summed E-state index contributed by atoms with van der Waals surface area (Å²) in [5.74, 6) is -6.84. The van der Waals surface area contributed by atoms with Gasteiger partial charge < -0.3 is 96.7 Å². The first-order chi connectivity index (χ1) is 64.7. The molecule has 11 aromatic rings. The Hall–Kier alpha value is -9.66. The zero-order valence-corrected chi connectivity index (χ0v) is 83.5. The minimum Gasteiger partial charge on any atom is -0.870 e. The summed E-state index contributed by atoms with van der Waals surface area (Å²) < 4.78 is 58.7. The largest absolute Gasteiger partial charge is 1.00 e. The first-order valence-electron chi connectivity index (χ1n) is 35.8. The van der Waals surface area contributed by atoms with Crippen LogP contribution in [-0.4, -0.2) is 248 Å². The molecule has 0 aliphatic carbocycles. The van der Waals surface area contributed by atoms with Crippen LogP contribution < -0.4 is 44.5 Å². The number of hydrogen-bond acceptors (Lipinski definition) is 29. The number of ether oxygens (including phenoxy) is 5. The van der Waals surface area contributed by atoms with Crippen molar-refractivity contribution in [2.75, 3.05) is 18.6 Å². The fourth-order valence-corrected chi connectivity index (χ4v) is 12.3. The van der Waals surface area contributed by atoms with Gasteiger partial charge in [0.1, 0.15) is 49.9 Å². The van der Waals surface area contributed by atoms with Crippen LogP contribution in [0.2, 0.25) is 60.3 Å². The fourth-order valence-electron chi connectivity index (χ4n) is 8.31. The third-order valence-electron chi connectivity index (χ3n) is 14.3. The van der Waals surface area contributed by atoms with Gasteiger partial charge in [-0.05, 0) is 104 Å². The number of carbonyl (C=O) groups is 5. The summed E-state index contributed by atoms with van der Waals surface area (Å²) in [5.41, 5.74) is 14.8. The molecule has 25 radical (unpaired) electrons. The van der Waals surface area contributed by atoms with Crippen molar-refractivity contribution < 1.29 is 140 Å². The number of alkyl halides is 1. The van der Waals surface area contributed by atoms with Gasteiger partial charge >= 0.3 is 70.7 Å². The van der Waals surface area contributed by atoms with Gasteiger partial charge in [0.15, 0.2) is 35.5 Å². The normalized spacial score (nSPS) is 9.34. The van der Waals surface area contributed by atoms with Crippen LogP contribution in [0, 0.1) is 30.3 Å². The number of halogens is 13. The van der Waals surface area contributed by atoms with E-state index in [0.717, 1.165) is 56.5 Å². The second kappa shape index (κ2) is 76.0. The number of esters is 2. The number of aromatic nitrogens is 5. The summed E-state index contributed by atoms with van der Waals surface area (Å²) in [6.45, 7) is -0.340. The third-order valence-corrected chi connectivity index (χ3v) is 19.1. The third kappa shape index (κ3) is 57.4. The summed E-state index contributed by atoms with van der Waals surface area (Å²) in [6.07, 6.45) is 5.49. The van der Waals surface area contributed by atoms with E-state index in [1.807, 2.05) is 18.2 Å². The van der Waals surface area contributed by atoms with Gasteiger partial charge in [-0.25, -0.2) is 33.9 Å². The van der Waals surface area contributed by atoms with E-state index in [9.17, 15) is 44.2 Å². The molecule has 11 rings (SSSR count). The number of aliphatic hydroxyl groups excluding tert-OH is 1. The van der Waals surface area contributed by atoms with E-state index < -0.39 is 85.3 Å². The number of hydrogen-bond donors (Lipinski definition) is 11. The number of carboxylic acid groups (broad SMARTS) is 3. The molecule has 0 atom stereocenters. The Balaban J connectivity index is -0.000000515. The molecule has 14 N–H and O–H groups in total. The Morgan fingerprint density at radius 1 is 0.447 bits per heavy atom. The molecular formula is C73H58B15BrCl12LiN10O28S. The molecular weight excluding hydrogens is 2170 g/mol. The molecule has 0 saturated carbocycles. The van der Waals surface area contributed by atoms with Crippen LogP contribution in [0.15, 0.2) is 177 Å². The molecule has 0 amide bonds. The van der Waals surface area contributed by atoms with Gasteiger partial charge in [-0.1, -0.05) is 192 Å². The van der Waals surface area contributed by atoms with Crippen molar-refractivity contribution in [3.63, 3.8) is 0 Å². The molecule has 0 aliphatic heterocycles. The van der Waals surface area contributed by atoms with Crippen LogP contribution in [-0.2, 0) is 58.2 Å². The van der Waals surface area contributed by atoms with Crippen molar-refractivity contribution in [2.45, 2.75) is 38.4 Å². The zero-order valence-electron chi connectivity index (χ0n) is 72.0. The second-order valence-electron chi connectivity index (χ2n) is 23.8. The maximum atomic E-state index is 12.4. The minimum absolute atomic E-state index is 0. The Kier molecular flexibility index (Phi) is 75.4. The van der Waals surface area contributed by atoms with Crippen LogP contribution in [0.3, 0.4) is 0 Å². The number of rotatable bonds is 22. The first kappa shape index (κ1) is 140. The SMILES string of the molecule is CO.Clc1cccc(Cl)c1CBr.Nc1ncc(C(=O)O)cc1OCc1c(Cl)cccc1Cl.Nc1ncc(C(=O)OCc2c(Cl)cccc2Cl)cc1OCc1c(Cl)cccc1Cl.O=C(O)c1cnc([N+](=O)[O-])c(O)c1.O=C(O)c1cncc(O)c1.O=C(OCc1c(Cl)cccc1Cl)c1cnc([N+](=O)[O-])c(OCc2c(Cl)cccc2Cl)c1.O=S(=O)(O)O.O=[N+]([O-])O.[B].[B]B([B])[B].[B][B].[B][B]B([B])[B].[B][B][B].[Li+].[OH-]. The summed E-state index contributed by atoms with van der Waals surface area (Å²) in [5, 5.41) is 91.5. The van der Waals surface area contributed by atoms with Crippen molar-refractivity contribution in [1.82, 2.24) is 24.9 Å². The Bertz CT molecular complexity index is 5830. The van der Waals surface area contributed by atoms with Crippen molar-refractivity contribution in [2.24, 2.45) is 0 Å². The van der Waals surface area contributed by atoms with E-state index in [1.54, 1.807) is 91.0 Å². The number of carboxylic acids is 3. The van der Waals surface area contributed by atoms with E-state index in [1.165, 1.54) is 37.8 Å². The molecule has 711 valence electrons. The quantitative estimate of drug-likeness (QED) is 0.00750. The van der Waals surface area contributed by atoms with Gasteiger partial charge in [-0.3, -0.25) is 14.1 Å². The predicted molar refractivity (Wildman–Crippen MR) is 550 cm³/mol. The van der Waals surface area contributed by atoms with Gasteiger partial charge in [0, 0.05) is 256 Å². The van der Waals surface area contributed by atoms with Gasteiger partial charge in [0.2, 0.25) is 11.5 Å². The van der Waals surface area contributed by atoms with Crippen LogP contribution in [0.25, 0.3) is 0 Å². The smallest absolute Gasteiger partial charge is 0.870 e. The first-order valence-corrected chi connectivity index (χ1v) is 42.9. The van der Waals surface area contributed by atoms with Gasteiger partial charge in [-0.2, -0.15) is 8.42 Å². The van der Waals surface area contributed by atoms with Crippen LogP contribution in [0.5, 0.6) is 28.7 Å². The summed E-state index contributed by atoms with van der Waals surface area (Å²) >= 11 is 75.7. The number of aromatic carboxylic acids is 3. The maximum absolute atomic E-state index is 12.4. The Morgan fingerprint density at radius 3 is 0.922 bits per heavy atom. The van der Waals surface area contributed by atoms with Crippen LogP contribution in [0.1, 0.15) is 85.2 Å². The molecule has 0 aliphatic rings. The van der Waals surface area contributed by atoms with Crippen molar-refractivity contribution >= 4 is 331 Å². The molecule has 6 aromatic carbocycles. The molecule has 0 saturated heterocycles. The molecule has 68 heteroatoms.